The summed E-state index contributed by atoms with van der Waals surface area (Å²) in [6.07, 6.45) is 1.51. The van der Waals surface area contributed by atoms with Crippen LogP contribution in [0.1, 0.15) is 6.42 Å². The first-order chi connectivity index (χ1) is 9.45. The highest BCUT2D eigenvalue weighted by Gasteiger charge is 2.38. The van der Waals surface area contributed by atoms with Crippen molar-refractivity contribution >= 4 is 11.0 Å². The number of aliphatic hydroxyl groups excluding tert-OH is 1. The standard InChI is InChI=1S/C11H14F2N2O4S/c12-10(13)19-9-8(2-1-4-14-9)20(18)15-5-3-11(17,6-15)7-16/h1-2,4,10,16-17H,3,5-7H2. The highest BCUT2D eigenvalue weighted by atomic mass is 32.2. The van der Waals surface area contributed by atoms with E-state index in [1.54, 1.807) is 0 Å². The summed E-state index contributed by atoms with van der Waals surface area (Å²) >= 11 is 0. The van der Waals surface area contributed by atoms with Gasteiger partial charge in [0.2, 0.25) is 5.88 Å². The van der Waals surface area contributed by atoms with E-state index in [0.29, 0.717) is 0 Å². The normalized spacial score (nSPS) is 25.1. The van der Waals surface area contributed by atoms with Gasteiger partial charge in [-0.3, -0.25) is 0 Å². The lowest BCUT2D eigenvalue weighted by atomic mass is 10.1. The van der Waals surface area contributed by atoms with Crippen LogP contribution in [0.4, 0.5) is 8.78 Å². The Morgan fingerprint density at radius 1 is 1.60 bits per heavy atom. The van der Waals surface area contributed by atoms with Gasteiger partial charge >= 0.3 is 6.61 Å². The summed E-state index contributed by atoms with van der Waals surface area (Å²) < 4.78 is 42.5. The van der Waals surface area contributed by atoms with Crippen LogP contribution in [0.25, 0.3) is 0 Å². The largest absolute Gasteiger partial charge is 0.416 e. The molecule has 1 aromatic rings. The van der Waals surface area contributed by atoms with Crippen molar-refractivity contribution in [2.75, 3.05) is 19.7 Å². The molecule has 0 amide bonds. The number of hydrogen-bond acceptors (Lipinski definition) is 5. The van der Waals surface area contributed by atoms with Gasteiger partial charge in [-0.15, -0.1) is 0 Å². The molecule has 2 heterocycles. The second-order valence-corrected chi connectivity index (χ2v) is 5.88. The lowest BCUT2D eigenvalue weighted by Gasteiger charge is -2.20. The lowest BCUT2D eigenvalue weighted by molar-refractivity contribution is -0.0549. The smallest absolute Gasteiger partial charge is 0.388 e. The molecule has 1 fully saturated rings. The van der Waals surface area contributed by atoms with Crippen molar-refractivity contribution in [3.8, 4) is 5.88 Å². The monoisotopic (exact) mass is 308 g/mol. The first-order valence-corrected chi connectivity index (χ1v) is 6.96. The van der Waals surface area contributed by atoms with Crippen molar-refractivity contribution in [2.24, 2.45) is 0 Å². The van der Waals surface area contributed by atoms with Crippen LogP contribution in [0.5, 0.6) is 5.88 Å². The van der Waals surface area contributed by atoms with Gasteiger partial charge in [-0.25, -0.2) is 13.5 Å². The molecule has 0 aromatic carbocycles. The van der Waals surface area contributed by atoms with E-state index < -0.39 is 35.7 Å². The van der Waals surface area contributed by atoms with Gasteiger partial charge in [0.25, 0.3) is 0 Å². The molecule has 1 saturated heterocycles. The molecular weight excluding hydrogens is 294 g/mol. The molecule has 0 radical (unpaired) electrons. The summed E-state index contributed by atoms with van der Waals surface area (Å²) in [5.74, 6) is -0.403. The molecule has 2 N–H and O–H groups in total. The molecule has 2 atom stereocenters. The van der Waals surface area contributed by atoms with Crippen molar-refractivity contribution in [2.45, 2.75) is 23.5 Å². The average molecular weight is 308 g/mol. The average Bonchev–Trinajstić information content (AvgIpc) is 2.81. The minimum Gasteiger partial charge on any atom is -0.416 e. The van der Waals surface area contributed by atoms with Crippen LogP contribution >= 0.6 is 0 Å². The molecule has 0 aliphatic carbocycles. The Balaban J connectivity index is 2.18. The Morgan fingerprint density at radius 3 is 2.95 bits per heavy atom. The summed E-state index contributed by atoms with van der Waals surface area (Å²) in [4.78, 5) is 3.64. The second kappa shape index (κ2) is 6.08. The third kappa shape index (κ3) is 3.29. The van der Waals surface area contributed by atoms with E-state index in [-0.39, 0.29) is 24.4 Å². The van der Waals surface area contributed by atoms with Gasteiger partial charge in [-0.2, -0.15) is 8.78 Å². The Hall–Kier alpha value is -1.16. The van der Waals surface area contributed by atoms with E-state index >= 15 is 0 Å². The molecule has 1 aliphatic heterocycles. The number of β-amino-alcohol motifs (C(OH)–C–C–N with tert-alkyl or cyclic N) is 1. The number of rotatable bonds is 5. The first-order valence-electron chi connectivity index (χ1n) is 5.85. The van der Waals surface area contributed by atoms with E-state index in [0.717, 1.165) is 0 Å². The second-order valence-electron chi connectivity index (χ2n) is 4.43. The predicted molar refractivity (Wildman–Crippen MR) is 65.5 cm³/mol. The van der Waals surface area contributed by atoms with Crippen LogP contribution in [0.15, 0.2) is 23.2 Å². The van der Waals surface area contributed by atoms with Crippen LogP contribution in [0.3, 0.4) is 0 Å². The van der Waals surface area contributed by atoms with E-state index in [9.17, 15) is 18.1 Å². The maximum absolute atomic E-state index is 12.3. The first kappa shape index (κ1) is 15.2. The maximum Gasteiger partial charge on any atom is 0.388 e. The summed E-state index contributed by atoms with van der Waals surface area (Å²) in [6, 6.07) is 2.83. The number of alkyl halides is 2. The van der Waals surface area contributed by atoms with Gasteiger partial charge in [-0.05, 0) is 18.6 Å². The van der Waals surface area contributed by atoms with Crippen molar-refractivity contribution in [3.05, 3.63) is 18.3 Å². The highest BCUT2D eigenvalue weighted by molar-refractivity contribution is 7.82. The SMILES string of the molecule is O=S(c1cccnc1OC(F)F)N1CCC(O)(CO)C1. The third-order valence-electron chi connectivity index (χ3n) is 2.95. The number of halogens is 2. The summed E-state index contributed by atoms with van der Waals surface area (Å²) in [5, 5.41) is 18.9. The molecule has 9 heteroatoms. The fraction of sp³-hybridized carbons (Fsp3) is 0.545. The van der Waals surface area contributed by atoms with Crippen molar-refractivity contribution in [1.82, 2.24) is 9.29 Å². The van der Waals surface area contributed by atoms with Crippen LogP contribution in [0, 0.1) is 0 Å². The highest BCUT2D eigenvalue weighted by Crippen LogP contribution is 2.28. The van der Waals surface area contributed by atoms with Gasteiger partial charge < -0.3 is 14.9 Å². The minimum atomic E-state index is -3.06. The maximum atomic E-state index is 12.3. The van der Waals surface area contributed by atoms with E-state index in [1.165, 1.54) is 22.6 Å². The van der Waals surface area contributed by atoms with Crippen LogP contribution < -0.4 is 4.74 Å². The van der Waals surface area contributed by atoms with Crippen molar-refractivity contribution in [1.29, 1.82) is 0 Å². The number of ether oxygens (including phenoxy) is 1. The molecule has 2 unspecified atom stereocenters. The number of hydrogen-bond donors (Lipinski definition) is 2. The molecule has 1 aromatic heterocycles. The molecule has 1 aliphatic rings. The summed E-state index contributed by atoms with van der Waals surface area (Å²) in [5.41, 5.74) is -1.32. The summed E-state index contributed by atoms with van der Waals surface area (Å²) in [7, 11) is -1.79. The number of nitrogens with zero attached hydrogens (tertiary/aromatic N) is 2. The molecule has 0 bridgehead atoms. The molecule has 112 valence electrons. The third-order valence-corrected chi connectivity index (χ3v) is 4.42. The van der Waals surface area contributed by atoms with Gasteiger partial charge in [0, 0.05) is 19.3 Å². The Labute approximate surface area is 116 Å². The van der Waals surface area contributed by atoms with E-state index in [2.05, 4.69) is 9.72 Å². The van der Waals surface area contributed by atoms with Gasteiger partial charge in [-0.1, -0.05) is 0 Å². The minimum absolute atomic E-state index is 0.00925. The molecule has 2 rings (SSSR count). The molecule has 0 saturated carbocycles. The number of aliphatic hydroxyl groups is 2. The predicted octanol–water partition coefficient (Wildman–Crippen LogP) is 0.135. The topological polar surface area (TPSA) is 82.9 Å². The zero-order valence-electron chi connectivity index (χ0n) is 10.4. The molecule has 0 spiro atoms. The van der Waals surface area contributed by atoms with Crippen LogP contribution in [-0.4, -0.2) is 55.6 Å². The summed E-state index contributed by atoms with van der Waals surface area (Å²) in [6.45, 7) is -3.26. The van der Waals surface area contributed by atoms with Gasteiger partial charge in [0.1, 0.15) is 21.5 Å². The lowest BCUT2D eigenvalue weighted by Crippen LogP contribution is -2.37. The Bertz CT molecular complexity index is 505. The zero-order valence-corrected chi connectivity index (χ0v) is 11.2. The quantitative estimate of drug-likeness (QED) is 0.808. The Morgan fingerprint density at radius 2 is 2.35 bits per heavy atom. The van der Waals surface area contributed by atoms with Crippen molar-refractivity contribution in [3.63, 3.8) is 0 Å². The number of aromatic nitrogens is 1. The van der Waals surface area contributed by atoms with Gasteiger partial charge in [0.05, 0.1) is 6.61 Å². The van der Waals surface area contributed by atoms with Crippen molar-refractivity contribution < 1.29 is 27.9 Å². The van der Waals surface area contributed by atoms with Gasteiger partial charge in [0.15, 0.2) is 0 Å². The van der Waals surface area contributed by atoms with Crippen LogP contribution in [-0.2, 0) is 11.0 Å². The van der Waals surface area contributed by atoms with Crippen LogP contribution in [0.2, 0.25) is 0 Å². The zero-order chi connectivity index (χ0) is 14.8. The molecule has 6 nitrogen and oxygen atoms in total. The van der Waals surface area contributed by atoms with E-state index in [4.69, 9.17) is 5.11 Å². The van der Waals surface area contributed by atoms with E-state index in [1.807, 2.05) is 0 Å². The number of pyridine rings is 1. The fourth-order valence-corrected chi connectivity index (χ4v) is 3.25. The molecular formula is C11H14F2N2O4S. The fourth-order valence-electron chi connectivity index (χ4n) is 1.91. The molecule has 20 heavy (non-hydrogen) atoms. The Kier molecular flexibility index (Phi) is 4.63.